The summed E-state index contributed by atoms with van der Waals surface area (Å²) in [5, 5.41) is 27.1. The van der Waals surface area contributed by atoms with E-state index in [0.29, 0.717) is 12.3 Å². The summed E-state index contributed by atoms with van der Waals surface area (Å²) >= 11 is 0. The molecule has 0 bridgehead atoms. The van der Waals surface area contributed by atoms with Gasteiger partial charge in [-0.2, -0.15) is 0 Å². The fourth-order valence-corrected chi connectivity index (χ4v) is 2.15. The minimum Gasteiger partial charge on any atom is -0.409 e. The van der Waals surface area contributed by atoms with Gasteiger partial charge in [-0.05, 0) is 12.8 Å². The molecule has 0 heterocycles. The molecule has 0 aromatic rings. The van der Waals surface area contributed by atoms with Crippen molar-refractivity contribution in [2.45, 2.75) is 77.0 Å². The van der Waals surface area contributed by atoms with Crippen LogP contribution in [0, 0.1) is 5.41 Å². The first-order chi connectivity index (χ1) is 9.70. The molecule has 0 saturated carbocycles. The van der Waals surface area contributed by atoms with Gasteiger partial charge in [-0.3, -0.25) is 16.1 Å². The second kappa shape index (κ2) is 14.1. The molecular weight excluding hydrogens is 256 g/mol. The van der Waals surface area contributed by atoms with E-state index in [1.54, 1.807) is 0 Å². The first kappa shape index (κ1) is 18.7. The number of amidine groups is 2. The number of hydroxylamine groups is 1. The third kappa shape index (κ3) is 13.1. The van der Waals surface area contributed by atoms with Gasteiger partial charge in [0.25, 0.3) is 0 Å². The van der Waals surface area contributed by atoms with Gasteiger partial charge >= 0.3 is 0 Å². The Hall–Kier alpha value is -1.30. The fourth-order valence-electron chi connectivity index (χ4n) is 2.15. The first-order valence-electron chi connectivity index (χ1n) is 7.64. The molecule has 0 aliphatic heterocycles. The van der Waals surface area contributed by atoms with Gasteiger partial charge in [-0.25, -0.2) is 0 Å². The molecular formula is C14H30N4O2. The van der Waals surface area contributed by atoms with Crippen molar-refractivity contribution >= 4 is 11.7 Å². The average molecular weight is 286 g/mol. The van der Waals surface area contributed by atoms with Crippen LogP contribution in [0.2, 0.25) is 0 Å². The SMILES string of the molecule is N=C(N)CCCCCCCCCCCCC(=NO)NO. The van der Waals surface area contributed by atoms with Crippen LogP contribution in [0.4, 0.5) is 0 Å². The lowest BCUT2D eigenvalue weighted by Gasteiger charge is -2.03. The minimum absolute atomic E-state index is 0.232. The lowest BCUT2D eigenvalue weighted by Crippen LogP contribution is -2.18. The summed E-state index contributed by atoms with van der Waals surface area (Å²) in [4.78, 5) is 0. The zero-order valence-corrected chi connectivity index (χ0v) is 12.4. The van der Waals surface area contributed by atoms with Gasteiger partial charge in [0.05, 0.1) is 5.84 Å². The molecule has 6 nitrogen and oxygen atoms in total. The highest BCUT2D eigenvalue weighted by molar-refractivity contribution is 5.80. The van der Waals surface area contributed by atoms with E-state index in [9.17, 15) is 0 Å². The maximum absolute atomic E-state index is 8.56. The number of unbranched alkanes of at least 4 members (excludes halogenated alkanes) is 9. The summed E-state index contributed by atoms with van der Waals surface area (Å²) in [7, 11) is 0. The van der Waals surface area contributed by atoms with Crippen molar-refractivity contribution in [3.63, 3.8) is 0 Å². The van der Waals surface area contributed by atoms with Crippen molar-refractivity contribution in [1.29, 1.82) is 5.41 Å². The van der Waals surface area contributed by atoms with Gasteiger partial charge in [0, 0.05) is 12.8 Å². The summed E-state index contributed by atoms with van der Waals surface area (Å²) in [5.74, 6) is 0.534. The van der Waals surface area contributed by atoms with E-state index < -0.39 is 0 Å². The molecule has 6 N–H and O–H groups in total. The number of hydrogen-bond acceptors (Lipinski definition) is 4. The zero-order valence-electron chi connectivity index (χ0n) is 12.4. The topological polar surface area (TPSA) is 115 Å². The second-order valence-electron chi connectivity index (χ2n) is 5.22. The highest BCUT2D eigenvalue weighted by atomic mass is 16.5. The van der Waals surface area contributed by atoms with Crippen LogP contribution in [-0.4, -0.2) is 22.1 Å². The van der Waals surface area contributed by atoms with E-state index in [2.05, 4.69) is 5.16 Å². The van der Waals surface area contributed by atoms with Crippen molar-refractivity contribution < 1.29 is 10.4 Å². The second-order valence-corrected chi connectivity index (χ2v) is 5.22. The number of nitrogens with zero attached hydrogens (tertiary/aromatic N) is 1. The molecule has 118 valence electrons. The molecule has 0 unspecified atom stereocenters. The maximum Gasteiger partial charge on any atom is 0.165 e. The highest BCUT2D eigenvalue weighted by Crippen LogP contribution is 2.11. The largest absolute Gasteiger partial charge is 0.409 e. The van der Waals surface area contributed by atoms with Gasteiger partial charge in [0.1, 0.15) is 0 Å². The monoisotopic (exact) mass is 286 g/mol. The Kier molecular flexibility index (Phi) is 13.2. The van der Waals surface area contributed by atoms with Crippen molar-refractivity contribution in [2.24, 2.45) is 10.9 Å². The van der Waals surface area contributed by atoms with Crippen molar-refractivity contribution in [2.75, 3.05) is 0 Å². The molecule has 6 heteroatoms. The molecule has 0 saturated heterocycles. The Morgan fingerprint density at radius 1 is 0.850 bits per heavy atom. The Morgan fingerprint density at radius 2 is 1.25 bits per heavy atom. The Morgan fingerprint density at radius 3 is 1.60 bits per heavy atom. The van der Waals surface area contributed by atoms with E-state index in [-0.39, 0.29) is 5.84 Å². The molecule has 20 heavy (non-hydrogen) atoms. The molecule has 0 radical (unpaired) electrons. The van der Waals surface area contributed by atoms with Crippen LogP contribution >= 0.6 is 0 Å². The van der Waals surface area contributed by atoms with Crippen LogP contribution in [0.15, 0.2) is 5.16 Å². The van der Waals surface area contributed by atoms with Crippen LogP contribution in [0.1, 0.15) is 77.0 Å². The quantitative estimate of drug-likeness (QED) is 0.117. The molecule has 0 rings (SSSR count). The number of nitrogens with two attached hydrogens (primary N) is 1. The standard InChI is InChI=1S/C14H30N4O2/c15-13(16)11-9-7-5-3-1-2-4-6-8-10-12-14(17-19)18-20/h19-20H,1-12H2,(H3,15,16)(H,17,18). The number of nitrogens with one attached hydrogen (secondary N) is 2. The van der Waals surface area contributed by atoms with Gasteiger partial charge in [0.15, 0.2) is 5.84 Å². The summed E-state index contributed by atoms with van der Waals surface area (Å²) in [5.41, 5.74) is 7.17. The molecule has 0 aromatic carbocycles. The van der Waals surface area contributed by atoms with Crippen molar-refractivity contribution in [3.8, 4) is 0 Å². The third-order valence-electron chi connectivity index (χ3n) is 3.36. The van der Waals surface area contributed by atoms with Crippen LogP contribution in [0.3, 0.4) is 0 Å². The molecule has 0 spiro atoms. The Balaban J connectivity index is 3.12. The van der Waals surface area contributed by atoms with Gasteiger partial charge in [0.2, 0.25) is 0 Å². The summed E-state index contributed by atoms with van der Waals surface area (Å²) in [6, 6.07) is 0. The molecule has 0 aromatic heterocycles. The van der Waals surface area contributed by atoms with E-state index in [4.69, 9.17) is 21.6 Å². The normalized spacial score (nSPS) is 11.6. The molecule has 0 amide bonds. The van der Waals surface area contributed by atoms with Gasteiger partial charge < -0.3 is 10.9 Å². The van der Waals surface area contributed by atoms with Crippen LogP contribution in [0.25, 0.3) is 0 Å². The van der Waals surface area contributed by atoms with E-state index in [1.165, 1.54) is 44.9 Å². The average Bonchev–Trinajstić information content (AvgIpc) is 2.44. The fraction of sp³-hybridized carbons (Fsp3) is 0.857. The first-order valence-corrected chi connectivity index (χ1v) is 7.64. The summed E-state index contributed by atoms with van der Waals surface area (Å²) < 4.78 is 0. The predicted octanol–water partition coefficient (Wildman–Crippen LogP) is 3.37. The van der Waals surface area contributed by atoms with Gasteiger partial charge in [-0.15, -0.1) is 0 Å². The van der Waals surface area contributed by atoms with E-state index in [1.807, 2.05) is 5.48 Å². The lowest BCUT2D eigenvalue weighted by molar-refractivity contribution is 0.219. The van der Waals surface area contributed by atoms with E-state index in [0.717, 1.165) is 25.7 Å². The number of rotatable bonds is 13. The minimum atomic E-state index is 0.232. The Labute approximate surface area is 121 Å². The lowest BCUT2D eigenvalue weighted by atomic mass is 10.0. The number of hydrogen-bond donors (Lipinski definition) is 5. The molecule has 0 aliphatic carbocycles. The summed E-state index contributed by atoms with van der Waals surface area (Å²) in [6.07, 6.45) is 13.1. The molecule has 0 aliphatic rings. The van der Waals surface area contributed by atoms with Crippen LogP contribution < -0.4 is 11.2 Å². The highest BCUT2D eigenvalue weighted by Gasteiger charge is 1.98. The van der Waals surface area contributed by atoms with Crippen molar-refractivity contribution in [3.05, 3.63) is 0 Å². The predicted molar refractivity (Wildman–Crippen MR) is 81.5 cm³/mol. The molecule has 0 atom stereocenters. The van der Waals surface area contributed by atoms with Crippen molar-refractivity contribution in [1.82, 2.24) is 5.48 Å². The molecule has 0 fully saturated rings. The summed E-state index contributed by atoms with van der Waals surface area (Å²) in [6.45, 7) is 0. The number of oxime groups is 1. The van der Waals surface area contributed by atoms with Crippen LogP contribution in [-0.2, 0) is 0 Å². The van der Waals surface area contributed by atoms with Gasteiger partial charge in [-0.1, -0.05) is 56.5 Å². The van der Waals surface area contributed by atoms with E-state index >= 15 is 0 Å². The zero-order chi connectivity index (χ0) is 15.1. The Bertz CT molecular complexity index is 270. The third-order valence-corrected chi connectivity index (χ3v) is 3.36. The smallest absolute Gasteiger partial charge is 0.165 e. The maximum atomic E-state index is 8.56. The van der Waals surface area contributed by atoms with Crippen LogP contribution in [0.5, 0.6) is 0 Å².